The maximum absolute atomic E-state index is 13.6. The van der Waals surface area contributed by atoms with Gasteiger partial charge in [0.2, 0.25) is 10.0 Å². The van der Waals surface area contributed by atoms with E-state index in [1.54, 1.807) is 71.5 Å². The van der Waals surface area contributed by atoms with Gasteiger partial charge >= 0.3 is 5.92 Å². The summed E-state index contributed by atoms with van der Waals surface area (Å²) in [6.07, 6.45) is 1.55. The minimum Gasteiger partial charge on any atom is -0.345 e. The van der Waals surface area contributed by atoms with Crippen LogP contribution < -0.4 is 9.62 Å². The van der Waals surface area contributed by atoms with E-state index in [9.17, 15) is 26.4 Å². The zero-order valence-corrected chi connectivity index (χ0v) is 19.8. The number of rotatable bonds is 5. The van der Waals surface area contributed by atoms with Crippen molar-refractivity contribution in [1.29, 1.82) is 0 Å². The first-order valence-electron chi connectivity index (χ1n) is 11.0. The monoisotopic (exact) mass is 514 g/mol. The highest BCUT2D eigenvalue weighted by Crippen LogP contribution is 2.40. The van der Waals surface area contributed by atoms with Crippen LogP contribution in [0.4, 0.5) is 18.9 Å². The number of aromatic nitrogens is 2. The molecule has 2 atom stereocenters. The van der Waals surface area contributed by atoms with E-state index in [2.05, 4.69) is 10.4 Å². The normalized spacial score (nSPS) is 19.5. The summed E-state index contributed by atoms with van der Waals surface area (Å²) in [5.41, 5.74) is 2.13. The van der Waals surface area contributed by atoms with Crippen LogP contribution in [0.15, 0.2) is 79.0 Å². The van der Waals surface area contributed by atoms with Gasteiger partial charge in [-0.2, -0.15) is 13.9 Å². The third-order valence-electron chi connectivity index (χ3n) is 6.06. The first-order valence-corrected chi connectivity index (χ1v) is 12.6. The predicted molar refractivity (Wildman–Crippen MR) is 129 cm³/mol. The number of anilines is 1. The molecule has 11 heteroatoms. The molecule has 7 nitrogen and oxygen atoms in total. The molecule has 36 heavy (non-hydrogen) atoms. The number of hydrogen-bond donors (Lipinski definition) is 1. The van der Waals surface area contributed by atoms with E-state index < -0.39 is 39.7 Å². The third-order valence-corrected chi connectivity index (χ3v) is 7.87. The second-order valence-corrected chi connectivity index (χ2v) is 10.6. The Morgan fingerprint density at radius 3 is 2.36 bits per heavy atom. The van der Waals surface area contributed by atoms with Gasteiger partial charge in [-0.1, -0.05) is 30.3 Å². The van der Waals surface area contributed by atoms with E-state index in [-0.39, 0.29) is 5.82 Å². The lowest BCUT2D eigenvalue weighted by atomic mass is 9.99. The molecule has 0 aliphatic carbocycles. The van der Waals surface area contributed by atoms with E-state index in [0.29, 0.717) is 34.8 Å². The second-order valence-electron chi connectivity index (χ2n) is 8.67. The highest BCUT2D eigenvalue weighted by Gasteiger charge is 2.48. The number of amides is 1. The summed E-state index contributed by atoms with van der Waals surface area (Å²) in [6.45, 7) is 0.466. The van der Waals surface area contributed by atoms with E-state index in [0.717, 1.165) is 4.31 Å². The number of carbonyl (C=O) groups excluding carboxylic acids is 1. The molecule has 0 spiro atoms. The Balaban J connectivity index is 1.58. The molecule has 5 rings (SSSR count). The van der Waals surface area contributed by atoms with Crippen LogP contribution in [0.3, 0.4) is 0 Å². The summed E-state index contributed by atoms with van der Waals surface area (Å²) in [5, 5.41) is 7.19. The van der Waals surface area contributed by atoms with Crippen LogP contribution in [0.2, 0.25) is 0 Å². The van der Waals surface area contributed by atoms with Crippen LogP contribution in [-0.4, -0.2) is 41.8 Å². The number of alkyl halides is 2. The van der Waals surface area contributed by atoms with Crippen molar-refractivity contribution in [3.63, 3.8) is 0 Å². The quantitative estimate of drug-likeness (QED) is 0.433. The first kappa shape index (κ1) is 23.9. The Labute approximate surface area is 205 Å². The van der Waals surface area contributed by atoms with Gasteiger partial charge in [0.25, 0.3) is 5.91 Å². The fourth-order valence-corrected chi connectivity index (χ4v) is 6.36. The summed E-state index contributed by atoms with van der Waals surface area (Å²) in [4.78, 5) is 12.1. The maximum atomic E-state index is 13.6. The highest BCUT2D eigenvalue weighted by molar-refractivity contribution is 7.93. The molecule has 1 amide bonds. The number of nitrogens with one attached hydrogen (secondary N) is 1. The molecule has 1 fully saturated rings. The Morgan fingerprint density at radius 1 is 1.03 bits per heavy atom. The van der Waals surface area contributed by atoms with Crippen molar-refractivity contribution in [2.24, 2.45) is 0 Å². The van der Waals surface area contributed by atoms with Gasteiger partial charge in [0.05, 0.1) is 40.9 Å². The average molecular weight is 515 g/mol. The Hall–Kier alpha value is -3.86. The number of nitrogens with zero attached hydrogens (tertiary/aromatic N) is 3. The van der Waals surface area contributed by atoms with Gasteiger partial charge in [-0.25, -0.2) is 17.5 Å². The first-order chi connectivity index (χ1) is 17.0. The van der Waals surface area contributed by atoms with E-state index in [1.807, 2.05) is 0 Å². The molecule has 0 bridgehead atoms. The predicted octanol–water partition coefficient (Wildman–Crippen LogP) is 4.20. The average Bonchev–Trinajstić information content (AvgIpc) is 3.36. The number of sulfonamides is 1. The largest absolute Gasteiger partial charge is 0.345 e. The minimum atomic E-state index is -3.99. The van der Waals surface area contributed by atoms with Crippen LogP contribution in [0, 0.1) is 5.82 Å². The zero-order chi connectivity index (χ0) is 25.7. The fourth-order valence-electron chi connectivity index (χ4n) is 4.44. The number of benzene rings is 3. The summed E-state index contributed by atoms with van der Waals surface area (Å²) in [7, 11) is -3.99. The molecule has 1 aliphatic rings. The molecule has 1 saturated heterocycles. The lowest BCUT2D eigenvalue weighted by Gasteiger charge is -2.29. The molecule has 3 aromatic carbocycles. The van der Waals surface area contributed by atoms with E-state index in [4.69, 9.17) is 0 Å². The van der Waals surface area contributed by atoms with Gasteiger partial charge in [-0.05, 0) is 48.0 Å². The highest BCUT2D eigenvalue weighted by atomic mass is 32.2. The van der Waals surface area contributed by atoms with Gasteiger partial charge in [-0.3, -0.25) is 9.10 Å². The molecule has 1 aliphatic heterocycles. The number of carbonyl (C=O) groups is 1. The molecule has 1 aromatic heterocycles. The summed E-state index contributed by atoms with van der Waals surface area (Å²) >= 11 is 0. The van der Waals surface area contributed by atoms with Crippen molar-refractivity contribution in [2.75, 3.05) is 10.1 Å². The summed E-state index contributed by atoms with van der Waals surface area (Å²) < 4.78 is 70.0. The van der Waals surface area contributed by atoms with Crippen LogP contribution >= 0.6 is 0 Å². The van der Waals surface area contributed by atoms with Gasteiger partial charge in [0.1, 0.15) is 5.82 Å². The van der Waals surface area contributed by atoms with Crippen molar-refractivity contribution in [1.82, 2.24) is 15.1 Å². The second kappa shape index (κ2) is 8.66. The van der Waals surface area contributed by atoms with Crippen molar-refractivity contribution in [3.05, 3.63) is 90.4 Å². The molecular weight excluding hydrogens is 493 g/mol. The van der Waals surface area contributed by atoms with Gasteiger partial charge in [-0.15, -0.1) is 0 Å². The molecule has 2 heterocycles. The van der Waals surface area contributed by atoms with Crippen molar-refractivity contribution in [3.8, 4) is 5.69 Å². The molecule has 0 saturated carbocycles. The summed E-state index contributed by atoms with van der Waals surface area (Å²) in [5.74, 6) is -6.12. The third kappa shape index (κ3) is 4.30. The smallest absolute Gasteiger partial charge is 0.321 e. The van der Waals surface area contributed by atoms with Crippen molar-refractivity contribution < 1.29 is 26.4 Å². The van der Waals surface area contributed by atoms with Gasteiger partial charge < -0.3 is 5.32 Å². The minimum absolute atomic E-state index is 0.301. The maximum Gasteiger partial charge on any atom is 0.321 e. The molecule has 1 N–H and O–H groups in total. The SMILES string of the molecule is CC(F)(F)C(=O)N[C@H]1CS(=O)(=O)N(c2ccc3c(cnn3-c3ccc(F)cc3)c2)[C@@H]1c1ccccc1. The van der Waals surface area contributed by atoms with Crippen molar-refractivity contribution >= 4 is 32.5 Å². The lowest BCUT2D eigenvalue weighted by molar-refractivity contribution is -0.143. The van der Waals surface area contributed by atoms with Crippen molar-refractivity contribution in [2.45, 2.75) is 24.9 Å². The molecular formula is C25H21F3N4O3S. The Kier molecular flexibility index (Phi) is 5.74. The number of fused-ring (bicyclic) bond motifs is 1. The van der Waals surface area contributed by atoms with Crippen LogP contribution in [-0.2, 0) is 14.8 Å². The summed E-state index contributed by atoms with van der Waals surface area (Å²) in [6, 6.07) is 17.2. The fraction of sp³-hybridized carbons (Fsp3) is 0.200. The number of hydrogen-bond acceptors (Lipinski definition) is 4. The molecule has 186 valence electrons. The van der Waals surface area contributed by atoms with Crippen LogP contribution in [0.1, 0.15) is 18.5 Å². The van der Waals surface area contributed by atoms with Crippen LogP contribution in [0.25, 0.3) is 16.6 Å². The Morgan fingerprint density at radius 2 is 1.69 bits per heavy atom. The van der Waals surface area contributed by atoms with E-state index >= 15 is 0 Å². The molecule has 4 aromatic rings. The molecule has 0 unspecified atom stereocenters. The standard InChI is InChI=1S/C25H21F3N4O3S/c1-25(27,28)24(33)30-21-15-36(34,35)32(23(21)16-5-3-2-4-6-16)20-11-12-22-17(13-20)14-29-31(22)19-9-7-18(26)8-10-19/h2-14,21,23H,15H2,1H3,(H,30,33)/t21-,23+/m0/s1. The number of halogens is 3. The van der Waals surface area contributed by atoms with Crippen LogP contribution in [0.5, 0.6) is 0 Å². The Bertz CT molecular complexity index is 1530. The topological polar surface area (TPSA) is 84.3 Å². The van der Waals surface area contributed by atoms with E-state index in [1.165, 1.54) is 12.1 Å². The van der Waals surface area contributed by atoms with Gasteiger partial charge in [0.15, 0.2) is 0 Å². The van der Waals surface area contributed by atoms with Gasteiger partial charge in [0, 0.05) is 12.3 Å². The molecule has 0 radical (unpaired) electrons. The lowest BCUT2D eigenvalue weighted by Crippen LogP contribution is -2.47. The zero-order valence-electron chi connectivity index (χ0n) is 19.0.